The zero-order chi connectivity index (χ0) is 28.9. The molecule has 0 bridgehead atoms. The number of nitrogens with one attached hydrogen (secondary N) is 1. The maximum atomic E-state index is 13.6. The molecule has 0 saturated carbocycles. The van der Waals surface area contributed by atoms with Gasteiger partial charge in [-0.3, -0.25) is 19.4 Å². The number of amides is 1. The molecule has 0 fully saturated rings. The maximum Gasteiger partial charge on any atom is 0.416 e. The van der Waals surface area contributed by atoms with Gasteiger partial charge in [0.25, 0.3) is 5.56 Å². The molecule has 10 heteroatoms. The van der Waals surface area contributed by atoms with Crippen molar-refractivity contribution in [3.05, 3.63) is 87.6 Å². The summed E-state index contributed by atoms with van der Waals surface area (Å²) >= 11 is 0. The molecule has 0 spiro atoms. The summed E-state index contributed by atoms with van der Waals surface area (Å²) < 4.78 is 45.2. The summed E-state index contributed by atoms with van der Waals surface area (Å²) in [6, 6.07) is 7.01. The number of halogens is 3. The molecule has 1 amide bonds. The SMILES string of the molecule is COC(=O)CC(NC(=O)[C@H](CC(C)C)n1ccc(C(F)(F)F)cc1=O)c1cncc(-c2c(C)cccc2C)c1. The number of esters is 1. The number of carbonyl (C=O) groups excluding carboxylic acids is 2. The monoisotopic (exact) mass is 543 g/mol. The van der Waals surface area contributed by atoms with E-state index < -0.39 is 41.3 Å². The van der Waals surface area contributed by atoms with Gasteiger partial charge < -0.3 is 14.6 Å². The molecule has 1 N–H and O–H groups in total. The van der Waals surface area contributed by atoms with Crippen molar-refractivity contribution in [3.8, 4) is 11.1 Å². The summed E-state index contributed by atoms with van der Waals surface area (Å²) in [6.45, 7) is 7.61. The minimum atomic E-state index is -4.69. The fourth-order valence-electron chi connectivity index (χ4n) is 4.54. The van der Waals surface area contributed by atoms with Crippen LogP contribution in [0.25, 0.3) is 11.1 Å². The Morgan fingerprint density at radius 1 is 1.08 bits per heavy atom. The Bertz CT molecular complexity index is 1380. The Hall–Kier alpha value is -3.95. The van der Waals surface area contributed by atoms with Gasteiger partial charge in [-0.25, -0.2) is 0 Å². The second-order valence-corrected chi connectivity index (χ2v) is 9.92. The predicted molar refractivity (Wildman–Crippen MR) is 141 cm³/mol. The number of carbonyl (C=O) groups is 2. The lowest BCUT2D eigenvalue weighted by molar-refractivity contribution is -0.141. The zero-order valence-electron chi connectivity index (χ0n) is 22.5. The normalized spacial score (nSPS) is 13.2. The Kier molecular flexibility index (Phi) is 9.32. The van der Waals surface area contributed by atoms with Crippen LogP contribution in [-0.4, -0.2) is 28.5 Å². The number of aromatic nitrogens is 2. The fraction of sp³-hybridized carbons (Fsp3) is 0.379. The highest BCUT2D eigenvalue weighted by atomic mass is 19.4. The van der Waals surface area contributed by atoms with Gasteiger partial charge in [0.1, 0.15) is 6.04 Å². The Morgan fingerprint density at radius 2 is 1.74 bits per heavy atom. The summed E-state index contributed by atoms with van der Waals surface area (Å²) in [5.41, 5.74) is 2.33. The molecule has 7 nitrogen and oxygen atoms in total. The summed E-state index contributed by atoms with van der Waals surface area (Å²) in [5.74, 6) is -1.26. The molecule has 0 aliphatic heterocycles. The van der Waals surface area contributed by atoms with Crippen molar-refractivity contribution in [1.29, 1.82) is 0 Å². The number of hydrogen-bond donors (Lipinski definition) is 1. The molecule has 2 aromatic heterocycles. The second kappa shape index (κ2) is 12.3. The number of methoxy groups -OCH3 is 1. The lowest BCUT2D eigenvalue weighted by atomic mass is 9.94. The summed E-state index contributed by atoms with van der Waals surface area (Å²) in [7, 11) is 1.23. The first-order valence-electron chi connectivity index (χ1n) is 12.5. The number of hydrogen-bond acceptors (Lipinski definition) is 5. The van der Waals surface area contributed by atoms with Crippen molar-refractivity contribution in [2.75, 3.05) is 7.11 Å². The van der Waals surface area contributed by atoms with Crippen molar-refractivity contribution >= 4 is 11.9 Å². The van der Waals surface area contributed by atoms with Gasteiger partial charge in [0, 0.05) is 30.2 Å². The van der Waals surface area contributed by atoms with Crippen LogP contribution in [0.15, 0.2) is 59.8 Å². The molecule has 3 aromatic rings. The molecule has 2 atom stereocenters. The number of aryl methyl sites for hydroxylation is 2. The first-order valence-corrected chi connectivity index (χ1v) is 12.5. The number of benzene rings is 1. The van der Waals surface area contributed by atoms with Crippen molar-refractivity contribution in [1.82, 2.24) is 14.9 Å². The van der Waals surface area contributed by atoms with Crippen LogP contribution in [-0.2, 0) is 20.5 Å². The van der Waals surface area contributed by atoms with Crippen molar-refractivity contribution in [2.45, 2.75) is 58.8 Å². The smallest absolute Gasteiger partial charge is 0.416 e. The number of rotatable bonds is 9. The van der Waals surface area contributed by atoms with Crippen LogP contribution in [0.3, 0.4) is 0 Å². The minimum Gasteiger partial charge on any atom is -0.469 e. The predicted octanol–water partition coefficient (Wildman–Crippen LogP) is 5.55. The fourth-order valence-corrected chi connectivity index (χ4v) is 4.54. The van der Waals surface area contributed by atoms with Crippen LogP contribution in [0.5, 0.6) is 0 Å². The van der Waals surface area contributed by atoms with Crippen LogP contribution in [0.2, 0.25) is 0 Å². The minimum absolute atomic E-state index is 0.0666. The standard InChI is InChI=1S/C29H32F3N3O4/c1-17(2)11-24(35-10-9-22(13-25(35)36)29(30,31)32)28(38)34-23(14-26(37)39-5)20-12-21(16-33-15-20)27-18(3)7-6-8-19(27)4/h6-10,12-13,15-17,23-24H,11,14H2,1-5H3,(H,34,38)/t23?,24-/m0/s1. The molecular formula is C29H32F3N3O4. The van der Waals surface area contributed by atoms with E-state index in [0.717, 1.165) is 39.1 Å². The number of pyridine rings is 2. The molecule has 1 aromatic carbocycles. The highest BCUT2D eigenvalue weighted by Crippen LogP contribution is 2.31. The van der Waals surface area contributed by atoms with Gasteiger partial charge in [0.05, 0.1) is 25.1 Å². The van der Waals surface area contributed by atoms with Gasteiger partial charge >= 0.3 is 12.1 Å². The second-order valence-electron chi connectivity index (χ2n) is 9.92. The average Bonchev–Trinajstić information content (AvgIpc) is 2.86. The topological polar surface area (TPSA) is 90.3 Å². The molecular weight excluding hydrogens is 511 g/mol. The van der Waals surface area contributed by atoms with Gasteiger partial charge in [0.15, 0.2) is 0 Å². The van der Waals surface area contributed by atoms with Crippen LogP contribution < -0.4 is 10.9 Å². The van der Waals surface area contributed by atoms with Gasteiger partial charge in [-0.15, -0.1) is 0 Å². The Morgan fingerprint density at radius 3 is 2.31 bits per heavy atom. The summed E-state index contributed by atoms with van der Waals surface area (Å²) in [6.07, 6.45) is -0.505. The van der Waals surface area contributed by atoms with E-state index in [1.165, 1.54) is 13.3 Å². The highest BCUT2D eigenvalue weighted by molar-refractivity contribution is 5.82. The van der Waals surface area contributed by atoms with Crippen molar-refractivity contribution < 1.29 is 27.5 Å². The van der Waals surface area contributed by atoms with Gasteiger partial charge in [0.2, 0.25) is 5.91 Å². The van der Waals surface area contributed by atoms with E-state index in [1.54, 1.807) is 6.20 Å². The summed E-state index contributed by atoms with van der Waals surface area (Å²) in [4.78, 5) is 42.8. The van der Waals surface area contributed by atoms with E-state index in [0.29, 0.717) is 11.6 Å². The van der Waals surface area contributed by atoms with E-state index in [9.17, 15) is 27.6 Å². The van der Waals surface area contributed by atoms with Crippen LogP contribution in [0, 0.1) is 19.8 Å². The molecule has 208 valence electrons. The van der Waals surface area contributed by atoms with Crippen LogP contribution in [0.4, 0.5) is 13.2 Å². The van der Waals surface area contributed by atoms with Crippen molar-refractivity contribution in [3.63, 3.8) is 0 Å². The van der Waals surface area contributed by atoms with E-state index >= 15 is 0 Å². The number of ether oxygens (including phenoxy) is 1. The quantitative estimate of drug-likeness (QED) is 0.357. The van der Waals surface area contributed by atoms with Gasteiger partial charge in [-0.2, -0.15) is 13.2 Å². The van der Waals surface area contributed by atoms with Gasteiger partial charge in [-0.1, -0.05) is 32.0 Å². The first kappa shape index (κ1) is 29.6. The van der Waals surface area contributed by atoms with Crippen LogP contribution in [0.1, 0.15) is 61.0 Å². The number of alkyl halides is 3. The molecule has 1 unspecified atom stereocenters. The third kappa shape index (κ3) is 7.34. The average molecular weight is 544 g/mol. The maximum absolute atomic E-state index is 13.6. The first-order chi connectivity index (χ1) is 18.3. The lowest BCUT2D eigenvalue weighted by Gasteiger charge is -2.25. The molecule has 0 radical (unpaired) electrons. The Balaban J connectivity index is 2.01. The molecule has 0 aliphatic rings. The molecule has 3 rings (SSSR count). The zero-order valence-corrected chi connectivity index (χ0v) is 22.5. The van der Waals surface area contributed by atoms with Crippen molar-refractivity contribution in [2.24, 2.45) is 5.92 Å². The molecule has 2 heterocycles. The Labute approximate surface area is 225 Å². The van der Waals surface area contributed by atoms with E-state index in [4.69, 9.17) is 4.74 Å². The van der Waals surface area contributed by atoms with E-state index in [-0.39, 0.29) is 18.8 Å². The van der Waals surface area contributed by atoms with E-state index in [1.807, 2.05) is 52.0 Å². The molecule has 39 heavy (non-hydrogen) atoms. The third-order valence-electron chi connectivity index (χ3n) is 6.46. The largest absolute Gasteiger partial charge is 0.469 e. The van der Waals surface area contributed by atoms with Crippen LogP contribution >= 0.6 is 0 Å². The molecule has 0 saturated heterocycles. The summed E-state index contributed by atoms with van der Waals surface area (Å²) in [5, 5.41) is 2.82. The molecule has 0 aliphatic carbocycles. The van der Waals surface area contributed by atoms with Gasteiger partial charge in [-0.05, 0) is 60.6 Å². The van der Waals surface area contributed by atoms with E-state index in [2.05, 4.69) is 10.3 Å². The lowest BCUT2D eigenvalue weighted by Crippen LogP contribution is -2.40. The highest BCUT2D eigenvalue weighted by Gasteiger charge is 2.33. The third-order valence-corrected chi connectivity index (χ3v) is 6.46. The number of nitrogens with zero attached hydrogens (tertiary/aromatic N) is 2.